The van der Waals surface area contributed by atoms with Gasteiger partial charge in [-0.25, -0.2) is 17.5 Å². The van der Waals surface area contributed by atoms with Crippen molar-refractivity contribution in [2.75, 3.05) is 6.54 Å². The highest BCUT2D eigenvalue weighted by molar-refractivity contribution is 7.89. The Kier molecular flexibility index (Phi) is 6.16. The van der Waals surface area contributed by atoms with Gasteiger partial charge in [0.05, 0.1) is 4.90 Å². The second-order valence-corrected chi connectivity index (χ2v) is 7.22. The highest BCUT2D eigenvalue weighted by Crippen LogP contribution is 2.22. The van der Waals surface area contributed by atoms with Crippen molar-refractivity contribution in [1.82, 2.24) is 10.0 Å². The molecule has 2 unspecified atom stereocenters. The van der Waals surface area contributed by atoms with Gasteiger partial charge in [-0.1, -0.05) is 0 Å². The number of piperidine rings is 1. The minimum Gasteiger partial charge on any atom is -0.314 e. The summed E-state index contributed by atoms with van der Waals surface area (Å²) in [6.07, 6.45) is 1.53. The number of nitrogens with one attached hydrogen (secondary N) is 2. The minimum atomic E-state index is -3.61. The van der Waals surface area contributed by atoms with Crippen molar-refractivity contribution in [1.29, 1.82) is 0 Å². The SMILES string of the molecule is Cc1cc(F)cc(C)c1S(=O)(=O)NC1CCNC(C)C1.Cl. The summed E-state index contributed by atoms with van der Waals surface area (Å²) in [5.74, 6) is -0.408. The number of hydrogen-bond donors (Lipinski definition) is 2. The quantitative estimate of drug-likeness (QED) is 0.890. The van der Waals surface area contributed by atoms with Gasteiger partial charge in [0.25, 0.3) is 0 Å². The Labute approximate surface area is 132 Å². The van der Waals surface area contributed by atoms with E-state index in [1.54, 1.807) is 13.8 Å². The Morgan fingerprint density at radius 3 is 2.38 bits per heavy atom. The smallest absolute Gasteiger partial charge is 0.241 e. The first-order valence-corrected chi connectivity index (χ1v) is 8.30. The predicted molar refractivity (Wildman–Crippen MR) is 83.9 cm³/mol. The van der Waals surface area contributed by atoms with Crippen LogP contribution >= 0.6 is 12.4 Å². The van der Waals surface area contributed by atoms with Crippen LogP contribution in [0.2, 0.25) is 0 Å². The summed E-state index contributed by atoms with van der Waals surface area (Å²) >= 11 is 0. The lowest BCUT2D eigenvalue weighted by molar-refractivity contribution is 0.361. The predicted octanol–water partition coefficient (Wildman–Crippen LogP) is 2.28. The molecule has 1 aliphatic heterocycles. The fraction of sp³-hybridized carbons (Fsp3) is 0.571. The molecular formula is C14H22ClFN2O2S. The van der Waals surface area contributed by atoms with Crippen molar-refractivity contribution in [3.8, 4) is 0 Å². The van der Waals surface area contributed by atoms with Crippen LogP contribution in [0.5, 0.6) is 0 Å². The fourth-order valence-corrected chi connectivity index (χ4v) is 4.57. The van der Waals surface area contributed by atoms with E-state index in [9.17, 15) is 12.8 Å². The van der Waals surface area contributed by atoms with Crippen LogP contribution < -0.4 is 10.0 Å². The molecule has 21 heavy (non-hydrogen) atoms. The van der Waals surface area contributed by atoms with Crippen molar-refractivity contribution in [3.05, 3.63) is 29.1 Å². The van der Waals surface area contributed by atoms with Gasteiger partial charge >= 0.3 is 0 Å². The minimum absolute atomic E-state index is 0. The monoisotopic (exact) mass is 336 g/mol. The van der Waals surface area contributed by atoms with Gasteiger partial charge in [0.15, 0.2) is 0 Å². The number of hydrogen-bond acceptors (Lipinski definition) is 3. The van der Waals surface area contributed by atoms with Crippen LogP contribution in [0, 0.1) is 19.7 Å². The Morgan fingerprint density at radius 2 is 1.86 bits per heavy atom. The van der Waals surface area contributed by atoms with Gasteiger partial charge in [-0.2, -0.15) is 0 Å². The van der Waals surface area contributed by atoms with Gasteiger partial charge in [-0.05, 0) is 63.4 Å². The van der Waals surface area contributed by atoms with Crippen molar-refractivity contribution < 1.29 is 12.8 Å². The highest BCUT2D eigenvalue weighted by Gasteiger charge is 2.26. The molecule has 1 aliphatic rings. The zero-order valence-corrected chi connectivity index (χ0v) is 14.1. The van der Waals surface area contributed by atoms with Crippen LogP contribution in [0.25, 0.3) is 0 Å². The van der Waals surface area contributed by atoms with Crippen molar-refractivity contribution in [3.63, 3.8) is 0 Å². The summed E-state index contributed by atoms with van der Waals surface area (Å²) in [5, 5.41) is 3.28. The zero-order chi connectivity index (χ0) is 14.9. The van der Waals surface area contributed by atoms with E-state index in [0.29, 0.717) is 17.2 Å². The highest BCUT2D eigenvalue weighted by atomic mass is 35.5. The van der Waals surface area contributed by atoms with Gasteiger partial charge in [-0.15, -0.1) is 12.4 Å². The van der Waals surface area contributed by atoms with Gasteiger partial charge in [0.1, 0.15) is 5.82 Å². The van der Waals surface area contributed by atoms with E-state index in [1.165, 1.54) is 12.1 Å². The first-order valence-electron chi connectivity index (χ1n) is 6.82. The Bertz CT molecular complexity index is 584. The number of benzene rings is 1. The van der Waals surface area contributed by atoms with E-state index in [2.05, 4.69) is 10.0 Å². The van der Waals surface area contributed by atoms with E-state index in [-0.39, 0.29) is 23.3 Å². The summed E-state index contributed by atoms with van der Waals surface area (Å²) in [6, 6.07) is 2.74. The van der Waals surface area contributed by atoms with Crippen LogP contribution in [-0.2, 0) is 10.0 Å². The Hall–Kier alpha value is -0.690. The maximum Gasteiger partial charge on any atom is 0.241 e. The fourth-order valence-electron chi connectivity index (χ4n) is 2.84. The molecule has 2 atom stereocenters. The second-order valence-electron chi connectivity index (χ2n) is 5.57. The molecule has 2 rings (SSSR count). The lowest BCUT2D eigenvalue weighted by Crippen LogP contribution is -2.46. The maximum atomic E-state index is 13.3. The van der Waals surface area contributed by atoms with E-state index in [0.717, 1.165) is 19.4 Å². The summed E-state index contributed by atoms with van der Waals surface area (Å²) in [5.41, 5.74) is 0.883. The van der Waals surface area contributed by atoms with Gasteiger partial charge in [0.2, 0.25) is 10.0 Å². The summed E-state index contributed by atoms with van der Waals surface area (Å²) in [4.78, 5) is 0.199. The third-order valence-electron chi connectivity index (χ3n) is 3.64. The molecule has 1 aromatic carbocycles. The molecule has 1 aromatic rings. The Morgan fingerprint density at radius 1 is 1.29 bits per heavy atom. The van der Waals surface area contributed by atoms with Crippen LogP contribution in [-0.4, -0.2) is 27.0 Å². The average Bonchev–Trinajstić information content (AvgIpc) is 2.25. The third-order valence-corrected chi connectivity index (χ3v) is 5.46. The molecule has 7 heteroatoms. The van der Waals surface area contributed by atoms with Crippen LogP contribution in [0.15, 0.2) is 17.0 Å². The lowest BCUT2D eigenvalue weighted by Gasteiger charge is -2.28. The van der Waals surface area contributed by atoms with Gasteiger partial charge in [0, 0.05) is 12.1 Å². The van der Waals surface area contributed by atoms with Crippen molar-refractivity contribution >= 4 is 22.4 Å². The average molecular weight is 337 g/mol. The van der Waals surface area contributed by atoms with E-state index < -0.39 is 15.8 Å². The van der Waals surface area contributed by atoms with Crippen LogP contribution in [0.4, 0.5) is 4.39 Å². The molecule has 4 nitrogen and oxygen atoms in total. The number of halogens is 2. The summed E-state index contributed by atoms with van der Waals surface area (Å²) < 4.78 is 41.0. The van der Waals surface area contributed by atoms with E-state index in [1.807, 2.05) is 6.92 Å². The molecule has 0 spiro atoms. The topological polar surface area (TPSA) is 58.2 Å². The van der Waals surface area contributed by atoms with Crippen LogP contribution in [0.1, 0.15) is 30.9 Å². The van der Waals surface area contributed by atoms with E-state index in [4.69, 9.17) is 0 Å². The molecule has 1 fully saturated rings. The number of aryl methyl sites for hydroxylation is 2. The molecule has 1 heterocycles. The molecule has 0 saturated carbocycles. The first kappa shape index (κ1) is 18.4. The second kappa shape index (κ2) is 7.05. The summed E-state index contributed by atoms with van der Waals surface area (Å²) in [7, 11) is -3.61. The zero-order valence-electron chi connectivity index (χ0n) is 12.4. The molecule has 0 amide bonds. The van der Waals surface area contributed by atoms with Crippen LogP contribution in [0.3, 0.4) is 0 Å². The number of sulfonamides is 1. The maximum absolute atomic E-state index is 13.3. The van der Waals surface area contributed by atoms with Crippen molar-refractivity contribution in [2.24, 2.45) is 0 Å². The van der Waals surface area contributed by atoms with Gasteiger partial charge in [-0.3, -0.25) is 0 Å². The van der Waals surface area contributed by atoms with Crippen molar-refractivity contribution in [2.45, 2.75) is 50.6 Å². The molecule has 0 radical (unpaired) electrons. The molecule has 0 aliphatic carbocycles. The third kappa shape index (κ3) is 4.39. The Balaban J connectivity index is 0.00000220. The summed E-state index contributed by atoms with van der Waals surface area (Å²) in [6.45, 7) is 6.08. The van der Waals surface area contributed by atoms with Gasteiger partial charge < -0.3 is 5.32 Å². The largest absolute Gasteiger partial charge is 0.314 e. The van der Waals surface area contributed by atoms with E-state index >= 15 is 0 Å². The lowest BCUT2D eigenvalue weighted by atomic mass is 10.0. The normalized spacial score (nSPS) is 22.7. The molecule has 2 N–H and O–H groups in total. The first-order chi connectivity index (χ1) is 9.29. The number of rotatable bonds is 3. The molecular weight excluding hydrogens is 315 g/mol. The standard InChI is InChI=1S/C14H21FN2O2S.ClH/c1-9-6-12(15)7-10(2)14(9)20(18,19)17-13-4-5-16-11(3)8-13;/h6-7,11,13,16-17H,4-5,8H2,1-3H3;1H. The molecule has 1 saturated heterocycles. The molecule has 0 aromatic heterocycles. The molecule has 0 bridgehead atoms. The molecule has 120 valence electrons.